The van der Waals surface area contributed by atoms with Crippen molar-refractivity contribution in [1.82, 2.24) is 15.1 Å². The highest BCUT2D eigenvalue weighted by atomic mass is 16.5. The fourth-order valence-corrected chi connectivity index (χ4v) is 3.90. The molecular weight excluding hydrogens is 350 g/mol. The van der Waals surface area contributed by atoms with Gasteiger partial charge in [0.2, 0.25) is 0 Å². The first-order valence-corrected chi connectivity index (χ1v) is 9.77. The van der Waals surface area contributed by atoms with Gasteiger partial charge >= 0.3 is 0 Å². The number of aryl methyl sites for hydroxylation is 1. The normalized spacial score (nSPS) is 15.9. The Kier molecular flexibility index (Phi) is 5.26. The molecule has 144 valence electrons. The van der Waals surface area contributed by atoms with Crippen molar-refractivity contribution in [1.29, 1.82) is 0 Å². The molecule has 3 aromatic rings. The topological polar surface area (TPSA) is 58.2 Å². The largest absolute Gasteiger partial charge is 0.385 e. The van der Waals surface area contributed by atoms with Crippen LogP contribution in [-0.2, 0) is 11.2 Å². The summed E-state index contributed by atoms with van der Waals surface area (Å²) in [4.78, 5) is 15.1. The smallest absolute Gasteiger partial charge is 0.273 e. The minimum Gasteiger partial charge on any atom is -0.385 e. The zero-order valence-corrected chi connectivity index (χ0v) is 16.3. The molecular formula is C23H25N3O2. The second-order valence-corrected chi connectivity index (χ2v) is 7.07. The van der Waals surface area contributed by atoms with Gasteiger partial charge in [-0.15, -0.1) is 0 Å². The molecule has 4 rings (SSSR count). The van der Waals surface area contributed by atoms with E-state index in [1.54, 1.807) is 7.11 Å². The van der Waals surface area contributed by atoms with Gasteiger partial charge in [0.05, 0.1) is 11.7 Å². The molecule has 1 atom stereocenters. The Labute approximate surface area is 165 Å². The molecule has 1 aliphatic rings. The van der Waals surface area contributed by atoms with Gasteiger partial charge in [-0.25, -0.2) is 0 Å². The third kappa shape index (κ3) is 3.22. The first-order valence-electron chi connectivity index (χ1n) is 9.77. The van der Waals surface area contributed by atoms with E-state index < -0.39 is 0 Å². The third-order valence-electron chi connectivity index (χ3n) is 5.36. The van der Waals surface area contributed by atoms with Crippen molar-refractivity contribution in [3.05, 3.63) is 77.0 Å². The number of H-pyrrole nitrogens is 1. The van der Waals surface area contributed by atoms with E-state index in [-0.39, 0.29) is 11.9 Å². The summed E-state index contributed by atoms with van der Waals surface area (Å²) in [6.07, 6.45) is 1.79. The molecule has 0 radical (unpaired) electrons. The molecule has 0 bridgehead atoms. The molecule has 0 aliphatic carbocycles. The van der Waals surface area contributed by atoms with E-state index in [9.17, 15) is 4.79 Å². The molecule has 0 spiro atoms. The Morgan fingerprint density at radius 1 is 1.11 bits per heavy atom. The van der Waals surface area contributed by atoms with Gasteiger partial charge in [-0.3, -0.25) is 9.89 Å². The van der Waals surface area contributed by atoms with Gasteiger partial charge in [0.1, 0.15) is 5.69 Å². The van der Waals surface area contributed by atoms with E-state index in [2.05, 4.69) is 41.4 Å². The number of carbonyl (C=O) groups is 1. The monoisotopic (exact) mass is 375 g/mol. The summed E-state index contributed by atoms with van der Waals surface area (Å²) in [5, 5.41) is 7.51. The highest BCUT2D eigenvalue weighted by molar-refractivity contribution is 6.00. The highest BCUT2D eigenvalue weighted by Gasteiger charge is 2.41. The van der Waals surface area contributed by atoms with E-state index in [1.807, 2.05) is 35.2 Å². The van der Waals surface area contributed by atoms with Crippen LogP contribution in [-0.4, -0.2) is 41.3 Å². The molecule has 1 N–H and O–H groups in total. The number of amides is 1. The third-order valence-corrected chi connectivity index (χ3v) is 5.36. The second kappa shape index (κ2) is 7.98. The SMILES string of the molecule is CCc1ccc(C2c3c(-c4ccccc4)n[nH]c3C(=O)N2CCCOC)cc1. The highest BCUT2D eigenvalue weighted by Crippen LogP contribution is 2.42. The zero-order valence-electron chi connectivity index (χ0n) is 16.3. The summed E-state index contributed by atoms with van der Waals surface area (Å²) in [6, 6.07) is 18.5. The number of fused-ring (bicyclic) bond motifs is 1. The molecule has 1 amide bonds. The molecule has 1 aliphatic heterocycles. The number of nitrogens with one attached hydrogen (secondary N) is 1. The van der Waals surface area contributed by atoms with Gasteiger partial charge in [0.15, 0.2) is 0 Å². The van der Waals surface area contributed by atoms with Crippen LogP contribution in [0.4, 0.5) is 0 Å². The maximum absolute atomic E-state index is 13.2. The molecule has 1 aromatic heterocycles. The molecule has 2 heterocycles. The summed E-state index contributed by atoms with van der Waals surface area (Å²) in [5.74, 6) is 0.00496. The maximum atomic E-state index is 13.2. The number of aromatic amines is 1. The van der Waals surface area contributed by atoms with E-state index in [1.165, 1.54) is 5.56 Å². The summed E-state index contributed by atoms with van der Waals surface area (Å²) < 4.78 is 5.20. The Morgan fingerprint density at radius 2 is 1.86 bits per heavy atom. The van der Waals surface area contributed by atoms with Crippen molar-refractivity contribution in [2.45, 2.75) is 25.8 Å². The van der Waals surface area contributed by atoms with Crippen LogP contribution < -0.4 is 0 Å². The van der Waals surface area contributed by atoms with Gasteiger partial charge in [0, 0.05) is 31.4 Å². The molecule has 2 aromatic carbocycles. The van der Waals surface area contributed by atoms with Crippen LogP contribution in [0.1, 0.15) is 46.6 Å². The van der Waals surface area contributed by atoms with Gasteiger partial charge in [-0.1, -0.05) is 61.5 Å². The Morgan fingerprint density at radius 3 is 2.54 bits per heavy atom. The number of rotatable bonds is 7. The predicted octanol–water partition coefficient (Wildman–Crippen LogP) is 4.22. The van der Waals surface area contributed by atoms with Gasteiger partial charge < -0.3 is 9.64 Å². The lowest BCUT2D eigenvalue weighted by Gasteiger charge is -2.26. The van der Waals surface area contributed by atoms with Crippen molar-refractivity contribution < 1.29 is 9.53 Å². The molecule has 5 nitrogen and oxygen atoms in total. The number of methoxy groups -OCH3 is 1. The van der Waals surface area contributed by atoms with Gasteiger partial charge in [-0.2, -0.15) is 5.10 Å². The van der Waals surface area contributed by atoms with Crippen LogP contribution in [0.3, 0.4) is 0 Å². The van der Waals surface area contributed by atoms with Crippen LogP contribution in [0.2, 0.25) is 0 Å². The molecule has 1 unspecified atom stereocenters. The fraction of sp³-hybridized carbons (Fsp3) is 0.304. The van der Waals surface area contributed by atoms with Crippen molar-refractivity contribution in [3.63, 3.8) is 0 Å². The van der Waals surface area contributed by atoms with E-state index in [0.29, 0.717) is 18.8 Å². The van der Waals surface area contributed by atoms with Gasteiger partial charge in [0.25, 0.3) is 5.91 Å². The van der Waals surface area contributed by atoms with Crippen molar-refractivity contribution in [3.8, 4) is 11.3 Å². The molecule has 0 saturated carbocycles. The van der Waals surface area contributed by atoms with E-state index in [4.69, 9.17) is 4.74 Å². The molecule has 0 saturated heterocycles. The molecule has 28 heavy (non-hydrogen) atoms. The quantitative estimate of drug-likeness (QED) is 0.629. The predicted molar refractivity (Wildman–Crippen MR) is 109 cm³/mol. The Hall–Kier alpha value is -2.92. The number of ether oxygens (including phenoxy) is 1. The summed E-state index contributed by atoms with van der Waals surface area (Å²) >= 11 is 0. The van der Waals surface area contributed by atoms with Crippen LogP contribution in [0.15, 0.2) is 54.6 Å². The number of aromatic nitrogens is 2. The maximum Gasteiger partial charge on any atom is 0.273 e. The fourth-order valence-electron chi connectivity index (χ4n) is 3.90. The van der Waals surface area contributed by atoms with E-state index >= 15 is 0 Å². The zero-order chi connectivity index (χ0) is 19.5. The van der Waals surface area contributed by atoms with Gasteiger partial charge in [-0.05, 0) is 24.0 Å². The van der Waals surface area contributed by atoms with Crippen molar-refractivity contribution in [2.75, 3.05) is 20.3 Å². The first-order chi connectivity index (χ1) is 13.7. The minimum atomic E-state index is -0.140. The Balaban J connectivity index is 1.79. The average molecular weight is 375 g/mol. The second-order valence-electron chi connectivity index (χ2n) is 7.07. The summed E-state index contributed by atoms with van der Waals surface area (Å²) in [7, 11) is 1.69. The number of hydrogen-bond donors (Lipinski definition) is 1. The number of nitrogens with zero attached hydrogens (tertiary/aromatic N) is 2. The van der Waals surface area contributed by atoms with Crippen LogP contribution >= 0.6 is 0 Å². The van der Waals surface area contributed by atoms with Crippen molar-refractivity contribution in [2.24, 2.45) is 0 Å². The average Bonchev–Trinajstić information content (AvgIpc) is 3.28. The molecule has 0 fully saturated rings. The lowest BCUT2D eigenvalue weighted by Crippen LogP contribution is -2.31. The standard InChI is InChI=1S/C23H25N3O2/c1-3-16-10-12-18(13-11-16)22-19-20(17-8-5-4-6-9-17)24-25-21(19)23(27)26(22)14-7-15-28-2/h4-6,8-13,22H,3,7,14-15H2,1-2H3,(H,24,25). The van der Waals surface area contributed by atoms with Crippen LogP contribution in [0.5, 0.6) is 0 Å². The van der Waals surface area contributed by atoms with Crippen LogP contribution in [0, 0.1) is 0 Å². The van der Waals surface area contributed by atoms with Crippen LogP contribution in [0.25, 0.3) is 11.3 Å². The lowest BCUT2D eigenvalue weighted by atomic mass is 9.95. The van der Waals surface area contributed by atoms with E-state index in [0.717, 1.165) is 35.2 Å². The number of benzene rings is 2. The summed E-state index contributed by atoms with van der Waals surface area (Å²) in [6.45, 7) is 3.42. The Bertz CT molecular complexity index is 948. The number of carbonyl (C=O) groups excluding carboxylic acids is 1. The van der Waals surface area contributed by atoms with Crippen molar-refractivity contribution >= 4 is 5.91 Å². The lowest BCUT2D eigenvalue weighted by molar-refractivity contribution is 0.0723. The summed E-state index contributed by atoms with van der Waals surface area (Å²) in [5.41, 5.74) is 5.83. The first kappa shape index (κ1) is 18.4. The molecule has 5 heteroatoms. The minimum absolute atomic E-state index is 0.00496. The number of hydrogen-bond acceptors (Lipinski definition) is 3.